The molecule has 0 aromatic heterocycles. The second kappa shape index (κ2) is 9.26. The highest BCUT2D eigenvalue weighted by Gasteiger charge is 2.41. The maximum Gasteiger partial charge on any atom is 0.190 e. The van der Waals surface area contributed by atoms with Crippen molar-refractivity contribution in [2.24, 2.45) is 22.7 Å². The monoisotopic (exact) mass is 297 g/mol. The van der Waals surface area contributed by atoms with Gasteiger partial charge >= 0.3 is 0 Å². The van der Waals surface area contributed by atoms with Gasteiger partial charge in [-0.25, -0.2) is 0 Å². The van der Waals surface area contributed by atoms with Crippen LogP contribution < -0.4 is 10.6 Å². The molecule has 122 valence electrons. The van der Waals surface area contributed by atoms with Gasteiger partial charge in [0.1, 0.15) is 0 Å². The van der Waals surface area contributed by atoms with Crippen LogP contribution in [0.5, 0.6) is 0 Å². The van der Waals surface area contributed by atoms with Gasteiger partial charge in [0.2, 0.25) is 0 Å². The molecule has 0 spiro atoms. The zero-order valence-electron chi connectivity index (χ0n) is 13.6. The first kappa shape index (κ1) is 16.6. The lowest BCUT2D eigenvalue weighted by atomic mass is 9.98. The molecule has 0 amide bonds. The molecule has 21 heavy (non-hydrogen) atoms. The van der Waals surface area contributed by atoms with Gasteiger partial charge in [-0.2, -0.15) is 0 Å². The van der Waals surface area contributed by atoms with Crippen LogP contribution in [0.1, 0.15) is 32.1 Å². The number of guanidine groups is 1. The fourth-order valence-electron chi connectivity index (χ4n) is 2.83. The lowest BCUT2D eigenvalue weighted by Gasteiger charge is -2.18. The molecule has 0 aliphatic heterocycles. The molecule has 5 nitrogen and oxygen atoms in total. The Kier molecular flexibility index (Phi) is 7.30. The second-order valence-electron chi connectivity index (χ2n) is 6.18. The van der Waals surface area contributed by atoms with Crippen LogP contribution in [0.4, 0.5) is 0 Å². The Morgan fingerprint density at radius 2 is 1.81 bits per heavy atom. The Bertz CT molecular complexity index is 303. The van der Waals surface area contributed by atoms with E-state index in [2.05, 4.69) is 15.6 Å². The van der Waals surface area contributed by atoms with Gasteiger partial charge in [0.05, 0.1) is 13.2 Å². The normalized spacial score (nSPS) is 19.1. The van der Waals surface area contributed by atoms with Gasteiger partial charge in [-0.05, 0) is 49.9 Å². The summed E-state index contributed by atoms with van der Waals surface area (Å²) in [6, 6.07) is 0. The minimum absolute atomic E-state index is 0.667. The number of aliphatic imine (C=N–C) groups is 1. The Labute approximate surface area is 128 Å². The third-order valence-electron chi connectivity index (χ3n) is 4.37. The van der Waals surface area contributed by atoms with Crippen molar-refractivity contribution in [1.29, 1.82) is 0 Å². The molecule has 2 saturated carbocycles. The molecular weight excluding hydrogens is 266 g/mol. The second-order valence-corrected chi connectivity index (χ2v) is 6.18. The summed E-state index contributed by atoms with van der Waals surface area (Å²) in [5.74, 6) is 3.77. The zero-order valence-corrected chi connectivity index (χ0v) is 13.6. The van der Waals surface area contributed by atoms with Crippen molar-refractivity contribution in [3.63, 3.8) is 0 Å². The molecular formula is C16H31N3O2. The minimum Gasteiger partial charge on any atom is -0.382 e. The van der Waals surface area contributed by atoms with E-state index in [1.54, 1.807) is 7.11 Å². The smallest absolute Gasteiger partial charge is 0.190 e. The van der Waals surface area contributed by atoms with Gasteiger partial charge < -0.3 is 20.1 Å². The average Bonchev–Trinajstić information content (AvgIpc) is 3.38. The van der Waals surface area contributed by atoms with Crippen LogP contribution in [0.2, 0.25) is 0 Å². The van der Waals surface area contributed by atoms with Crippen molar-refractivity contribution >= 4 is 5.96 Å². The van der Waals surface area contributed by atoms with Crippen molar-refractivity contribution < 1.29 is 9.47 Å². The molecule has 0 saturated heterocycles. The predicted octanol–water partition coefficient (Wildman–Crippen LogP) is 1.64. The van der Waals surface area contributed by atoms with E-state index in [9.17, 15) is 0 Å². The van der Waals surface area contributed by atoms with Crippen LogP contribution in [-0.4, -0.2) is 53.0 Å². The topological polar surface area (TPSA) is 54.9 Å². The lowest BCUT2D eigenvalue weighted by molar-refractivity contribution is 0.0698. The van der Waals surface area contributed by atoms with Gasteiger partial charge in [-0.3, -0.25) is 4.99 Å². The van der Waals surface area contributed by atoms with Crippen LogP contribution >= 0.6 is 0 Å². The van der Waals surface area contributed by atoms with E-state index < -0.39 is 0 Å². The number of methoxy groups -OCH3 is 1. The summed E-state index contributed by atoms with van der Waals surface area (Å²) >= 11 is 0. The molecule has 0 radical (unpaired) electrons. The molecule has 2 fully saturated rings. The largest absolute Gasteiger partial charge is 0.382 e. The maximum absolute atomic E-state index is 5.44. The lowest BCUT2D eigenvalue weighted by Crippen LogP contribution is -2.41. The minimum atomic E-state index is 0.667. The highest BCUT2D eigenvalue weighted by atomic mass is 16.5. The van der Waals surface area contributed by atoms with Crippen molar-refractivity contribution in [2.75, 3.05) is 47.1 Å². The van der Waals surface area contributed by atoms with Crippen LogP contribution in [0, 0.1) is 17.8 Å². The molecule has 0 aromatic rings. The van der Waals surface area contributed by atoms with E-state index in [1.165, 1.54) is 25.7 Å². The number of hydrogen-bond acceptors (Lipinski definition) is 3. The van der Waals surface area contributed by atoms with E-state index >= 15 is 0 Å². The number of rotatable bonds is 11. The summed E-state index contributed by atoms with van der Waals surface area (Å²) in [6.07, 6.45) is 6.74. The molecule has 2 N–H and O–H groups in total. The summed E-state index contributed by atoms with van der Waals surface area (Å²) < 4.78 is 10.4. The van der Waals surface area contributed by atoms with Crippen LogP contribution in [-0.2, 0) is 9.47 Å². The highest BCUT2D eigenvalue weighted by Crippen LogP contribution is 2.48. The van der Waals surface area contributed by atoms with Crippen LogP contribution in [0.25, 0.3) is 0 Å². The summed E-state index contributed by atoms with van der Waals surface area (Å²) in [6.45, 7) is 4.08. The molecule has 2 aliphatic carbocycles. The fraction of sp³-hybridized carbons (Fsp3) is 0.938. The predicted molar refractivity (Wildman–Crippen MR) is 85.6 cm³/mol. The fourth-order valence-corrected chi connectivity index (χ4v) is 2.83. The Morgan fingerprint density at radius 1 is 1.10 bits per heavy atom. The van der Waals surface area contributed by atoms with Crippen molar-refractivity contribution in [3.05, 3.63) is 0 Å². The number of nitrogens with zero attached hydrogens (tertiary/aromatic N) is 1. The van der Waals surface area contributed by atoms with Crippen molar-refractivity contribution in [2.45, 2.75) is 32.1 Å². The Hall–Kier alpha value is -0.810. The van der Waals surface area contributed by atoms with E-state index in [0.29, 0.717) is 13.2 Å². The molecule has 0 aromatic carbocycles. The maximum atomic E-state index is 5.44. The summed E-state index contributed by atoms with van der Waals surface area (Å²) in [5.41, 5.74) is 0. The number of hydrogen-bond donors (Lipinski definition) is 2. The van der Waals surface area contributed by atoms with Gasteiger partial charge in [0.15, 0.2) is 5.96 Å². The van der Waals surface area contributed by atoms with Gasteiger partial charge in [-0.15, -0.1) is 0 Å². The van der Waals surface area contributed by atoms with Gasteiger partial charge in [-0.1, -0.05) is 0 Å². The van der Waals surface area contributed by atoms with Gasteiger partial charge in [0, 0.05) is 33.9 Å². The third-order valence-corrected chi connectivity index (χ3v) is 4.37. The molecule has 2 aliphatic rings. The highest BCUT2D eigenvalue weighted by molar-refractivity contribution is 5.79. The molecule has 2 rings (SSSR count). The Morgan fingerprint density at radius 3 is 2.38 bits per heavy atom. The first-order valence-electron chi connectivity index (χ1n) is 8.36. The number of ether oxygens (including phenoxy) is 2. The molecule has 0 heterocycles. The van der Waals surface area contributed by atoms with Crippen molar-refractivity contribution in [1.82, 2.24) is 10.6 Å². The SMILES string of the molecule is CN=C(NCCCOCCOC)NCC(C1CC1)C1CC1. The summed E-state index contributed by atoms with van der Waals surface area (Å²) in [5, 5.41) is 6.86. The third kappa shape index (κ3) is 6.66. The zero-order chi connectivity index (χ0) is 14.9. The van der Waals surface area contributed by atoms with Crippen molar-refractivity contribution in [3.8, 4) is 0 Å². The first-order chi connectivity index (χ1) is 10.3. The van der Waals surface area contributed by atoms with E-state index in [0.717, 1.165) is 49.8 Å². The molecule has 0 unspecified atom stereocenters. The average molecular weight is 297 g/mol. The molecule has 0 atom stereocenters. The van der Waals surface area contributed by atoms with E-state index in [4.69, 9.17) is 9.47 Å². The van der Waals surface area contributed by atoms with Crippen LogP contribution in [0.15, 0.2) is 4.99 Å². The van der Waals surface area contributed by atoms with Crippen LogP contribution in [0.3, 0.4) is 0 Å². The molecule has 0 bridgehead atoms. The summed E-state index contributed by atoms with van der Waals surface area (Å²) in [7, 11) is 3.53. The quantitative estimate of drug-likeness (QED) is 0.346. The first-order valence-corrected chi connectivity index (χ1v) is 8.36. The van der Waals surface area contributed by atoms with Gasteiger partial charge in [0.25, 0.3) is 0 Å². The number of nitrogens with one attached hydrogen (secondary N) is 2. The summed E-state index contributed by atoms with van der Waals surface area (Å²) in [4.78, 5) is 4.30. The molecule has 5 heteroatoms. The van der Waals surface area contributed by atoms with E-state index in [-0.39, 0.29) is 0 Å². The van der Waals surface area contributed by atoms with E-state index in [1.807, 2.05) is 7.05 Å². The standard InChI is InChI=1S/C16H31N3O2/c1-17-16(18-8-3-9-21-11-10-20-2)19-12-15(13-4-5-13)14-6-7-14/h13-15H,3-12H2,1-2H3,(H2,17,18,19). The Balaban J connectivity index is 1.51.